The lowest BCUT2D eigenvalue weighted by molar-refractivity contribution is -0.135. The number of rotatable bonds is 25. The molecule has 0 aliphatic carbocycles. The van der Waals surface area contributed by atoms with Crippen LogP contribution in [0.3, 0.4) is 0 Å². The Hall–Kier alpha value is -3.40. The SMILES string of the molecule is CCCCCC(CCCCNC(=O)CCCOCCN(C)C(=O)CC(=O)N(C)c1ccc(CC(=O)CC(C)=O)cc1)C(=O)CC. The predicted octanol–water partition coefficient (Wildman–Crippen LogP) is 4.85. The number of ketones is 3. The van der Waals surface area contributed by atoms with Gasteiger partial charge in [-0.2, -0.15) is 0 Å². The van der Waals surface area contributed by atoms with Gasteiger partial charge in [-0.15, -0.1) is 0 Å². The molecule has 1 aromatic rings. The second-order valence-corrected chi connectivity index (χ2v) is 11.8. The first-order chi connectivity index (χ1) is 21.5. The van der Waals surface area contributed by atoms with Crippen molar-refractivity contribution in [2.45, 2.75) is 104 Å². The van der Waals surface area contributed by atoms with Gasteiger partial charge in [0, 0.05) is 64.7 Å². The van der Waals surface area contributed by atoms with Crippen LogP contribution in [0.2, 0.25) is 0 Å². The zero-order chi connectivity index (χ0) is 33.6. The zero-order valence-corrected chi connectivity index (χ0v) is 28.2. The molecule has 10 nitrogen and oxygen atoms in total. The van der Waals surface area contributed by atoms with Crippen LogP contribution < -0.4 is 10.2 Å². The topological polar surface area (TPSA) is 130 Å². The molecule has 1 unspecified atom stereocenters. The van der Waals surface area contributed by atoms with E-state index in [-0.39, 0.29) is 54.5 Å². The molecule has 0 aliphatic rings. The number of amides is 3. The van der Waals surface area contributed by atoms with Crippen molar-refractivity contribution in [3.8, 4) is 0 Å². The number of likely N-dealkylation sites (N-methyl/N-ethyl adjacent to an activating group) is 1. The van der Waals surface area contributed by atoms with Crippen LogP contribution in [0.25, 0.3) is 0 Å². The lowest BCUT2D eigenvalue weighted by Gasteiger charge is -2.21. The van der Waals surface area contributed by atoms with Gasteiger partial charge >= 0.3 is 0 Å². The number of benzene rings is 1. The molecule has 0 radical (unpaired) electrons. The van der Waals surface area contributed by atoms with Crippen molar-refractivity contribution < 1.29 is 33.5 Å². The smallest absolute Gasteiger partial charge is 0.236 e. The number of hydrogen-bond acceptors (Lipinski definition) is 7. The Labute approximate surface area is 269 Å². The van der Waals surface area contributed by atoms with Crippen LogP contribution >= 0.6 is 0 Å². The van der Waals surface area contributed by atoms with Crippen molar-refractivity contribution in [2.24, 2.45) is 5.92 Å². The Kier molecular flexibility index (Phi) is 20.3. The Morgan fingerprint density at radius 1 is 0.822 bits per heavy atom. The standard InChI is InChI=1S/C35H55N3O7/c1-6-8-9-13-29(32(41)7-2)14-10-11-20-36-33(42)15-12-22-45-23-21-37(4)34(43)26-35(44)38(5)30-18-16-28(17-19-30)25-31(40)24-27(3)39/h16-19,29H,6-15,20-26H2,1-5H3,(H,36,42). The van der Waals surface area contributed by atoms with Gasteiger partial charge in [0.15, 0.2) is 0 Å². The van der Waals surface area contributed by atoms with Crippen molar-refractivity contribution in [3.63, 3.8) is 0 Å². The molecular formula is C35H55N3O7. The third-order valence-corrected chi connectivity index (χ3v) is 7.80. The highest BCUT2D eigenvalue weighted by molar-refractivity contribution is 6.04. The minimum Gasteiger partial charge on any atom is -0.380 e. The maximum Gasteiger partial charge on any atom is 0.236 e. The molecule has 1 rings (SSSR count). The van der Waals surface area contributed by atoms with Gasteiger partial charge in [-0.3, -0.25) is 28.8 Å². The highest BCUT2D eigenvalue weighted by atomic mass is 16.5. The number of carbonyl (C=O) groups is 6. The van der Waals surface area contributed by atoms with Crippen LogP contribution in [0.5, 0.6) is 0 Å². The Bertz CT molecular complexity index is 1090. The number of ether oxygens (including phenoxy) is 1. The summed E-state index contributed by atoms with van der Waals surface area (Å²) in [5.74, 6) is -0.533. The number of hydrogen-bond donors (Lipinski definition) is 1. The largest absolute Gasteiger partial charge is 0.380 e. The molecule has 1 aromatic carbocycles. The van der Waals surface area contributed by atoms with E-state index in [0.29, 0.717) is 57.0 Å². The van der Waals surface area contributed by atoms with Crippen molar-refractivity contribution in [3.05, 3.63) is 29.8 Å². The fraction of sp³-hybridized carbons (Fsp3) is 0.657. The first-order valence-electron chi connectivity index (χ1n) is 16.5. The molecule has 10 heteroatoms. The van der Waals surface area contributed by atoms with Crippen LogP contribution in [0.4, 0.5) is 5.69 Å². The van der Waals surface area contributed by atoms with Crippen LogP contribution in [0, 0.1) is 5.92 Å². The van der Waals surface area contributed by atoms with E-state index in [1.165, 1.54) is 16.7 Å². The van der Waals surface area contributed by atoms with Gasteiger partial charge in [-0.25, -0.2) is 0 Å². The highest BCUT2D eigenvalue weighted by Gasteiger charge is 2.19. The molecule has 0 aliphatic heterocycles. The molecule has 1 N–H and O–H groups in total. The average Bonchev–Trinajstić information content (AvgIpc) is 3.00. The molecule has 0 aromatic heterocycles. The number of unbranched alkanes of at least 4 members (excludes halogenated alkanes) is 3. The van der Waals surface area contributed by atoms with Crippen LogP contribution in [-0.2, 0) is 39.9 Å². The van der Waals surface area contributed by atoms with E-state index >= 15 is 0 Å². The summed E-state index contributed by atoms with van der Waals surface area (Å²) in [6, 6.07) is 6.88. The molecule has 0 bridgehead atoms. The Balaban J connectivity index is 2.21. The molecule has 3 amide bonds. The normalized spacial score (nSPS) is 11.5. The lowest BCUT2D eigenvalue weighted by Crippen LogP contribution is -2.36. The maximum atomic E-state index is 12.7. The van der Waals surface area contributed by atoms with E-state index in [0.717, 1.165) is 50.5 Å². The molecule has 1 atom stereocenters. The first kappa shape index (κ1) is 39.6. The number of nitrogens with one attached hydrogen (secondary N) is 1. The van der Waals surface area contributed by atoms with E-state index in [2.05, 4.69) is 12.2 Å². The number of carbonyl (C=O) groups excluding carboxylic acids is 6. The van der Waals surface area contributed by atoms with Gasteiger partial charge in [0.25, 0.3) is 0 Å². The van der Waals surface area contributed by atoms with E-state index in [1.807, 2.05) is 6.92 Å². The van der Waals surface area contributed by atoms with Gasteiger partial charge in [0.2, 0.25) is 17.7 Å². The molecule has 0 saturated carbocycles. The number of Topliss-reactive ketones (excluding diaryl/α,β-unsaturated/α-hetero) is 3. The molecule has 0 saturated heterocycles. The van der Waals surface area contributed by atoms with Crippen molar-refractivity contribution in [1.82, 2.24) is 10.2 Å². The van der Waals surface area contributed by atoms with Crippen LogP contribution in [0.15, 0.2) is 24.3 Å². The van der Waals surface area contributed by atoms with Gasteiger partial charge in [0.1, 0.15) is 23.8 Å². The maximum absolute atomic E-state index is 12.7. The summed E-state index contributed by atoms with van der Waals surface area (Å²) in [5.41, 5.74) is 1.35. The second kappa shape index (κ2) is 23.0. The summed E-state index contributed by atoms with van der Waals surface area (Å²) in [4.78, 5) is 75.3. The molecular weight excluding hydrogens is 574 g/mol. The Morgan fingerprint density at radius 3 is 2.11 bits per heavy atom. The molecule has 45 heavy (non-hydrogen) atoms. The number of nitrogens with zero attached hydrogens (tertiary/aromatic N) is 2. The average molecular weight is 630 g/mol. The van der Waals surface area contributed by atoms with Crippen LogP contribution in [0.1, 0.15) is 103 Å². The van der Waals surface area contributed by atoms with Crippen molar-refractivity contribution in [2.75, 3.05) is 45.3 Å². The van der Waals surface area contributed by atoms with Crippen molar-refractivity contribution in [1.29, 1.82) is 0 Å². The zero-order valence-electron chi connectivity index (χ0n) is 28.2. The van der Waals surface area contributed by atoms with E-state index in [4.69, 9.17) is 4.74 Å². The van der Waals surface area contributed by atoms with Gasteiger partial charge in [0.05, 0.1) is 13.0 Å². The van der Waals surface area contributed by atoms with Gasteiger partial charge in [-0.05, 0) is 50.3 Å². The molecule has 0 spiro atoms. The molecule has 0 heterocycles. The van der Waals surface area contributed by atoms with E-state index < -0.39 is 0 Å². The predicted molar refractivity (Wildman–Crippen MR) is 176 cm³/mol. The summed E-state index contributed by atoms with van der Waals surface area (Å²) >= 11 is 0. The quantitative estimate of drug-likeness (QED) is 0.121. The highest BCUT2D eigenvalue weighted by Crippen LogP contribution is 2.19. The minimum absolute atomic E-state index is 0.0197. The van der Waals surface area contributed by atoms with Gasteiger partial charge in [-0.1, -0.05) is 51.7 Å². The van der Waals surface area contributed by atoms with Gasteiger partial charge < -0.3 is 19.9 Å². The lowest BCUT2D eigenvalue weighted by atomic mass is 9.90. The number of anilines is 1. The molecule has 0 fully saturated rings. The summed E-state index contributed by atoms with van der Waals surface area (Å²) in [6.07, 6.45) is 8.36. The summed E-state index contributed by atoms with van der Waals surface area (Å²) in [7, 11) is 3.20. The third-order valence-electron chi connectivity index (χ3n) is 7.80. The second-order valence-electron chi connectivity index (χ2n) is 11.8. The molecule has 252 valence electrons. The minimum atomic E-state index is -0.361. The summed E-state index contributed by atoms with van der Waals surface area (Å²) in [5, 5.41) is 2.94. The Morgan fingerprint density at radius 2 is 1.49 bits per heavy atom. The first-order valence-corrected chi connectivity index (χ1v) is 16.5. The van der Waals surface area contributed by atoms with Crippen LogP contribution in [-0.4, -0.2) is 80.4 Å². The fourth-order valence-corrected chi connectivity index (χ4v) is 4.92. The monoisotopic (exact) mass is 629 g/mol. The van der Waals surface area contributed by atoms with E-state index in [1.54, 1.807) is 38.4 Å². The van der Waals surface area contributed by atoms with E-state index in [9.17, 15) is 28.8 Å². The third kappa shape index (κ3) is 17.6. The van der Waals surface area contributed by atoms with Crippen molar-refractivity contribution >= 4 is 40.8 Å². The fourth-order valence-electron chi connectivity index (χ4n) is 4.92. The summed E-state index contributed by atoms with van der Waals surface area (Å²) < 4.78 is 5.59. The summed E-state index contributed by atoms with van der Waals surface area (Å²) in [6.45, 7) is 7.10.